The van der Waals surface area contributed by atoms with Gasteiger partial charge in [0.05, 0.1) is 11.3 Å². The smallest absolute Gasteiger partial charge is 0.254 e. The summed E-state index contributed by atoms with van der Waals surface area (Å²) in [6, 6.07) is 1.91. The molecule has 1 saturated heterocycles. The van der Waals surface area contributed by atoms with Crippen LogP contribution in [0.1, 0.15) is 28.9 Å². The number of carbonyl (C=O) groups is 1. The number of aromatic nitrogens is 2. The Kier molecular flexibility index (Phi) is 4.91. The Morgan fingerprint density at radius 1 is 1.39 bits per heavy atom. The summed E-state index contributed by atoms with van der Waals surface area (Å²) >= 11 is 1.57. The van der Waals surface area contributed by atoms with Crippen molar-refractivity contribution in [3.63, 3.8) is 0 Å². The molecule has 0 bridgehead atoms. The van der Waals surface area contributed by atoms with E-state index in [2.05, 4.69) is 9.97 Å². The molecule has 2 aromatic rings. The van der Waals surface area contributed by atoms with Gasteiger partial charge in [-0.25, -0.2) is 4.98 Å². The Bertz CT molecular complexity index is 656. The van der Waals surface area contributed by atoms with Crippen molar-refractivity contribution in [1.82, 2.24) is 14.9 Å². The van der Waals surface area contributed by atoms with Gasteiger partial charge in [0.15, 0.2) is 0 Å². The van der Waals surface area contributed by atoms with Crippen molar-refractivity contribution in [3.05, 3.63) is 40.5 Å². The van der Waals surface area contributed by atoms with Crippen LogP contribution in [0.2, 0.25) is 0 Å². The van der Waals surface area contributed by atoms with Gasteiger partial charge >= 0.3 is 0 Å². The van der Waals surface area contributed by atoms with E-state index >= 15 is 0 Å². The number of hydrogen-bond donors (Lipinski definition) is 0. The predicted molar refractivity (Wildman–Crippen MR) is 93.0 cm³/mol. The summed E-state index contributed by atoms with van der Waals surface area (Å²) in [7, 11) is 3.97. The summed E-state index contributed by atoms with van der Waals surface area (Å²) in [6.07, 6.45) is 6.54. The first-order valence-corrected chi connectivity index (χ1v) is 8.88. The van der Waals surface area contributed by atoms with Crippen LogP contribution in [0.3, 0.4) is 0 Å². The predicted octanol–water partition coefficient (Wildman–Crippen LogP) is 2.70. The summed E-state index contributed by atoms with van der Waals surface area (Å²) in [5, 5.41) is 3.89. The van der Waals surface area contributed by atoms with Crippen molar-refractivity contribution < 1.29 is 4.79 Å². The lowest BCUT2D eigenvalue weighted by Gasteiger charge is -2.33. The van der Waals surface area contributed by atoms with Crippen LogP contribution in [0.25, 0.3) is 0 Å². The first-order chi connectivity index (χ1) is 11.1. The SMILES string of the molecule is CN(C)c1nccnc1CC1CCCN(C(=O)c2ccsc2)C1. The van der Waals surface area contributed by atoms with Gasteiger partial charge in [-0.1, -0.05) is 0 Å². The molecular weight excluding hydrogens is 308 g/mol. The quantitative estimate of drug-likeness (QED) is 0.865. The molecule has 23 heavy (non-hydrogen) atoms. The zero-order valence-corrected chi connectivity index (χ0v) is 14.4. The lowest BCUT2D eigenvalue weighted by Crippen LogP contribution is -2.40. The van der Waals surface area contributed by atoms with Gasteiger partial charge < -0.3 is 9.80 Å². The number of thiophene rings is 1. The second kappa shape index (κ2) is 7.08. The molecule has 122 valence electrons. The van der Waals surface area contributed by atoms with Crippen LogP contribution >= 0.6 is 11.3 Å². The summed E-state index contributed by atoms with van der Waals surface area (Å²) in [5.41, 5.74) is 1.83. The zero-order chi connectivity index (χ0) is 16.2. The van der Waals surface area contributed by atoms with Crippen LogP contribution in [-0.2, 0) is 6.42 Å². The number of carbonyl (C=O) groups excluding carboxylic acids is 1. The molecule has 6 heteroatoms. The van der Waals surface area contributed by atoms with Crippen LogP contribution in [0.15, 0.2) is 29.2 Å². The van der Waals surface area contributed by atoms with Crippen molar-refractivity contribution in [3.8, 4) is 0 Å². The molecule has 1 amide bonds. The van der Waals surface area contributed by atoms with Crippen molar-refractivity contribution in [2.75, 3.05) is 32.1 Å². The Morgan fingerprint density at radius 3 is 2.96 bits per heavy atom. The standard InChI is InChI=1S/C17H22N4OS/c1-20(2)16-15(18-6-7-19-16)10-13-4-3-8-21(11-13)17(22)14-5-9-23-12-14/h5-7,9,12-13H,3-4,8,10-11H2,1-2H3. The van der Waals surface area contributed by atoms with Crippen LogP contribution in [0.4, 0.5) is 5.82 Å². The summed E-state index contributed by atoms with van der Waals surface area (Å²) in [4.78, 5) is 25.4. The molecule has 2 aromatic heterocycles. The Morgan fingerprint density at radius 2 is 2.22 bits per heavy atom. The molecule has 3 rings (SSSR count). The van der Waals surface area contributed by atoms with E-state index in [9.17, 15) is 4.79 Å². The highest BCUT2D eigenvalue weighted by Gasteiger charge is 2.26. The van der Waals surface area contributed by atoms with Gasteiger partial charge in [0.2, 0.25) is 0 Å². The molecule has 0 N–H and O–H groups in total. The number of nitrogens with zero attached hydrogens (tertiary/aromatic N) is 4. The number of anilines is 1. The average molecular weight is 330 g/mol. The molecule has 1 aliphatic rings. The molecule has 0 aliphatic carbocycles. The Labute approximate surface area is 141 Å². The molecule has 0 saturated carbocycles. The lowest BCUT2D eigenvalue weighted by molar-refractivity contribution is 0.0673. The van der Waals surface area contributed by atoms with Gasteiger partial charge in [0.25, 0.3) is 5.91 Å². The molecule has 5 nitrogen and oxygen atoms in total. The van der Waals surface area contributed by atoms with E-state index in [-0.39, 0.29) is 5.91 Å². The molecule has 0 radical (unpaired) electrons. The minimum atomic E-state index is 0.155. The maximum atomic E-state index is 12.5. The van der Waals surface area contributed by atoms with E-state index in [1.165, 1.54) is 0 Å². The topological polar surface area (TPSA) is 49.3 Å². The number of piperidine rings is 1. The fourth-order valence-electron chi connectivity index (χ4n) is 3.14. The van der Waals surface area contributed by atoms with E-state index in [4.69, 9.17) is 0 Å². The van der Waals surface area contributed by atoms with Gasteiger partial charge in [-0.3, -0.25) is 9.78 Å². The number of amides is 1. The first-order valence-electron chi connectivity index (χ1n) is 7.94. The lowest BCUT2D eigenvalue weighted by atomic mass is 9.93. The van der Waals surface area contributed by atoms with E-state index in [1.807, 2.05) is 40.7 Å². The summed E-state index contributed by atoms with van der Waals surface area (Å²) in [6.45, 7) is 1.66. The van der Waals surface area contributed by atoms with E-state index in [1.54, 1.807) is 23.7 Å². The van der Waals surface area contributed by atoms with Gasteiger partial charge in [0.1, 0.15) is 5.82 Å². The third-order valence-electron chi connectivity index (χ3n) is 4.23. The fourth-order valence-corrected chi connectivity index (χ4v) is 3.77. The Balaban J connectivity index is 1.69. The monoisotopic (exact) mass is 330 g/mol. The number of likely N-dealkylation sites (tertiary alicyclic amines) is 1. The molecule has 0 spiro atoms. The van der Waals surface area contributed by atoms with Crippen LogP contribution < -0.4 is 4.90 Å². The van der Waals surface area contributed by atoms with Gasteiger partial charge in [0, 0.05) is 45.0 Å². The maximum absolute atomic E-state index is 12.5. The summed E-state index contributed by atoms with van der Waals surface area (Å²) < 4.78 is 0. The van der Waals surface area contributed by atoms with Crippen molar-refractivity contribution in [2.24, 2.45) is 5.92 Å². The highest BCUT2D eigenvalue weighted by atomic mass is 32.1. The molecule has 3 heterocycles. The van der Waals surface area contributed by atoms with E-state index in [0.717, 1.165) is 49.4 Å². The third kappa shape index (κ3) is 3.69. The van der Waals surface area contributed by atoms with Crippen molar-refractivity contribution >= 4 is 23.1 Å². The number of hydrogen-bond acceptors (Lipinski definition) is 5. The van der Waals surface area contributed by atoms with E-state index in [0.29, 0.717) is 5.92 Å². The number of rotatable bonds is 4. The molecule has 1 unspecified atom stereocenters. The van der Waals surface area contributed by atoms with Crippen LogP contribution in [0.5, 0.6) is 0 Å². The van der Waals surface area contributed by atoms with Crippen molar-refractivity contribution in [1.29, 1.82) is 0 Å². The van der Waals surface area contributed by atoms with Gasteiger partial charge in [-0.05, 0) is 36.6 Å². The molecule has 1 aliphatic heterocycles. The van der Waals surface area contributed by atoms with Gasteiger partial charge in [-0.15, -0.1) is 0 Å². The van der Waals surface area contributed by atoms with Crippen LogP contribution in [0, 0.1) is 5.92 Å². The summed E-state index contributed by atoms with van der Waals surface area (Å²) in [5.74, 6) is 1.53. The highest BCUT2D eigenvalue weighted by Crippen LogP contribution is 2.24. The normalized spacial score (nSPS) is 18.0. The minimum Gasteiger partial charge on any atom is -0.361 e. The van der Waals surface area contributed by atoms with E-state index < -0.39 is 0 Å². The van der Waals surface area contributed by atoms with Gasteiger partial charge in [-0.2, -0.15) is 11.3 Å². The second-order valence-corrected chi connectivity index (χ2v) is 6.98. The molecule has 1 atom stereocenters. The molecule has 0 aromatic carbocycles. The van der Waals surface area contributed by atoms with Crippen molar-refractivity contribution in [2.45, 2.75) is 19.3 Å². The Hall–Kier alpha value is -1.95. The van der Waals surface area contributed by atoms with Crippen LogP contribution in [-0.4, -0.2) is 48.0 Å². The third-order valence-corrected chi connectivity index (χ3v) is 4.92. The molecular formula is C17H22N4OS. The average Bonchev–Trinajstić information content (AvgIpc) is 3.09. The highest BCUT2D eigenvalue weighted by molar-refractivity contribution is 7.08. The zero-order valence-electron chi connectivity index (χ0n) is 13.6. The molecule has 1 fully saturated rings. The minimum absolute atomic E-state index is 0.155. The fraction of sp³-hybridized carbons (Fsp3) is 0.471. The largest absolute Gasteiger partial charge is 0.361 e. The second-order valence-electron chi connectivity index (χ2n) is 6.20. The maximum Gasteiger partial charge on any atom is 0.254 e. The first kappa shape index (κ1) is 15.9.